The number of piperidine rings is 1. The third kappa shape index (κ3) is 3.11. The van der Waals surface area contributed by atoms with Gasteiger partial charge in [0, 0.05) is 13.1 Å². The number of rotatable bonds is 4. The minimum atomic E-state index is 0.447. The number of nitrogens with zero attached hydrogens (tertiary/aromatic N) is 1. The van der Waals surface area contributed by atoms with E-state index in [-0.39, 0.29) is 0 Å². The van der Waals surface area contributed by atoms with E-state index in [0.717, 1.165) is 25.9 Å². The van der Waals surface area contributed by atoms with E-state index < -0.39 is 0 Å². The summed E-state index contributed by atoms with van der Waals surface area (Å²) in [7, 11) is 0. The van der Waals surface area contributed by atoms with Crippen LogP contribution in [0.5, 0.6) is 0 Å². The number of hydroxylamine groups is 2. The van der Waals surface area contributed by atoms with Crippen molar-refractivity contribution in [2.24, 2.45) is 0 Å². The molecule has 0 aromatic carbocycles. The molecule has 0 saturated carbocycles. The van der Waals surface area contributed by atoms with Crippen molar-refractivity contribution in [3.8, 4) is 0 Å². The molecule has 72 valence electrons. The first-order valence-electron chi connectivity index (χ1n) is 5.28. The third-order valence-electron chi connectivity index (χ3n) is 2.52. The summed E-state index contributed by atoms with van der Waals surface area (Å²) in [5.41, 5.74) is 0. The number of hydrogen-bond acceptors (Lipinski definition) is 2. The SMILES string of the molecule is CCC(CC)ON1CCCCC1. The van der Waals surface area contributed by atoms with Crippen molar-refractivity contribution in [3.05, 3.63) is 0 Å². The summed E-state index contributed by atoms with van der Waals surface area (Å²) in [5, 5.41) is 2.15. The van der Waals surface area contributed by atoms with E-state index in [1.165, 1.54) is 19.3 Å². The van der Waals surface area contributed by atoms with Crippen molar-refractivity contribution in [2.45, 2.75) is 52.1 Å². The standard InChI is InChI=1S/C10H21NO/c1-3-10(4-2)12-11-8-6-5-7-9-11/h10H,3-9H2,1-2H3. The first kappa shape index (κ1) is 10.0. The largest absolute Gasteiger partial charge is 0.296 e. The first-order chi connectivity index (χ1) is 5.86. The molecule has 1 aliphatic heterocycles. The highest BCUT2D eigenvalue weighted by molar-refractivity contribution is 4.58. The van der Waals surface area contributed by atoms with Crippen LogP contribution < -0.4 is 0 Å². The molecular weight excluding hydrogens is 150 g/mol. The average molecular weight is 171 g/mol. The Morgan fingerprint density at radius 1 is 1.08 bits per heavy atom. The maximum atomic E-state index is 5.82. The predicted octanol–water partition coefficient (Wildman–Crippen LogP) is 2.59. The van der Waals surface area contributed by atoms with Crippen LogP contribution in [-0.2, 0) is 4.84 Å². The Morgan fingerprint density at radius 3 is 2.17 bits per heavy atom. The Balaban J connectivity index is 2.18. The van der Waals surface area contributed by atoms with E-state index in [9.17, 15) is 0 Å². The molecule has 0 aromatic rings. The summed E-state index contributed by atoms with van der Waals surface area (Å²) in [6, 6.07) is 0. The molecule has 1 rings (SSSR count). The van der Waals surface area contributed by atoms with Gasteiger partial charge in [0.25, 0.3) is 0 Å². The van der Waals surface area contributed by atoms with Gasteiger partial charge in [-0.3, -0.25) is 4.84 Å². The van der Waals surface area contributed by atoms with Gasteiger partial charge in [0.1, 0.15) is 0 Å². The lowest BCUT2D eigenvalue weighted by molar-refractivity contribution is -0.206. The van der Waals surface area contributed by atoms with Crippen LogP contribution in [-0.4, -0.2) is 24.3 Å². The fourth-order valence-electron chi connectivity index (χ4n) is 1.62. The predicted molar refractivity (Wildman–Crippen MR) is 50.9 cm³/mol. The van der Waals surface area contributed by atoms with Crippen LogP contribution in [0.15, 0.2) is 0 Å². The molecule has 2 nitrogen and oxygen atoms in total. The van der Waals surface area contributed by atoms with Crippen LogP contribution in [0.1, 0.15) is 46.0 Å². The second-order valence-corrected chi connectivity index (χ2v) is 3.53. The van der Waals surface area contributed by atoms with Gasteiger partial charge in [0.05, 0.1) is 6.10 Å². The molecule has 0 radical (unpaired) electrons. The van der Waals surface area contributed by atoms with Gasteiger partial charge in [-0.2, -0.15) is 5.06 Å². The summed E-state index contributed by atoms with van der Waals surface area (Å²) in [6.45, 7) is 6.66. The third-order valence-corrected chi connectivity index (χ3v) is 2.52. The fraction of sp³-hybridized carbons (Fsp3) is 1.00. The van der Waals surface area contributed by atoms with Gasteiger partial charge in [-0.15, -0.1) is 0 Å². The van der Waals surface area contributed by atoms with Crippen molar-refractivity contribution >= 4 is 0 Å². The second-order valence-electron chi connectivity index (χ2n) is 3.53. The summed E-state index contributed by atoms with van der Waals surface area (Å²) in [6.07, 6.45) is 6.70. The first-order valence-corrected chi connectivity index (χ1v) is 5.28. The monoisotopic (exact) mass is 171 g/mol. The van der Waals surface area contributed by atoms with Gasteiger partial charge in [-0.25, -0.2) is 0 Å². The molecule has 0 unspecified atom stereocenters. The Kier molecular flexibility index (Phi) is 4.62. The molecule has 1 heterocycles. The second kappa shape index (κ2) is 5.55. The lowest BCUT2D eigenvalue weighted by Gasteiger charge is -2.29. The lowest BCUT2D eigenvalue weighted by atomic mass is 10.2. The van der Waals surface area contributed by atoms with Crippen LogP contribution in [0.2, 0.25) is 0 Å². The zero-order valence-electron chi connectivity index (χ0n) is 8.38. The molecule has 2 heteroatoms. The zero-order chi connectivity index (χ0) is 8.81. The van der Waals surface area contributed by atoms with Gasteiger partial charge in [-0.1, -0.05) is 20.3 Å². The van der Waals surface area contributed by atoms with Gasteiger partial charge in [0.15, 0.2) is 0 Å². The molecule has 0 atom stereocenters. The maximum absolute atomic E-state index is 5.82. The minimum Gasteiger partial charge on any atom is -0.296 e. The molecular formula is C10H21NO. The summed E-state index contributed by atoms with van der Waals surface area (Å²) in [5.74, 6) is 0. The highest BCUT2D eigenvalue weighted by atomic mass is 16.7. The summed E-state index contributed by atoms with van der Waals surface area (Å²) in [4.78, 5) is 5.82. The Labute approximate surface area is 75.8 Å². The van der Waals surface area contributed by atoms with E-state index in [0.29, 0.717) is 6.10 Å². The fourth-order valence-corrected chi connectivity index (χ4v) is 1.62. The van der Waals surface area contributed by atoms with E-state index in [1.807, 2.05) is 0 Å². The van der Waals surface area contributed by atoms with E-state index in [1.54, 1.807) is 0 Å². The molecule has 12 heavy (non-hydrogen) atoms. The summed E-state index contributed by atoms with van der Waals surface area (Å²) >= 11 is 0. The van der Waals surface area contributed by atoms with E-state index in [4.69, 9.17) is 4.84 Å². The molecule has 0 amide bonds. The van der Waals surface area contributed by atoms with Crippen LogP contribution in [0, 0.1) is 0 Å². The van der Waals surface area contributed by atoms with Crippen LogP contribution >= 0.6 is 0 Å². The molecule has 0 aromatic heterocycles. The molecule has 0 aliphatic carbocycles. The van der Waals surface area contributed by atoms with Crippen LogP contribution in [0.3, 0.4) is 0 Å². The maximum Gasteiger partial charge on any atom is 0.0788 e. The van der Waals surface area contributed by atoms with Gasteiger partial charge >= 0.3 is 0 Å². The Hall–Kier alpha value is -0.0800. The van der Waals surface area contributed by atoms with Gasteiger partial charge in [-0.05, 0) is 25.7 Å². The molecule has 0 bridgehead atoms. The van der Waals surface area contributed by atoms with Gasteiger partial charge in [0.2, 0.25) is 0 Å². The van der Waals surface area contributed by atoms with Crippen molar-refractivity contribution < 1.29 is 4.84 Å². The van der Waals surface area contributed by atoms with Crippen molar-refractivity contribution in [2.75, 3.05) is 13.1 Å². The topological polar surface area (TPSA) is 12.5 Å². The average Bonchev–Trinajstić information content (AvgIpc) is 2.16. The smallest absolute Gasteiger partial charge is 0.0788 e. The van der Waals surface area contributed by atoms with E-state index in [2.05, 4.69) is 18.9 Å². The van der Waals surface area contributed by atoms with Crippen LogP contribution in [0.25, 0.3) is 0 Å². The van der Waals surface area contributed by atoms with Crippen molar-refractivity contribution in [1.29, 1.82) is 0 Å². The molecule has 0 N–H and O–H groups in total. The molecule has 1 fully saturated rings. The van der Waals surface area contributed by atoms with Crippen molar-refractivity contribution in [3.63, 3.8) is 0 Å². The molecule has 0 spiro atoms. The number of hydrogen-bond donors (Lipinski definition) is 0. The summed E-state index contributed by atoms with van der Waals surface area (Å²) < 4.78 is 0. The normalized spacial score (nSPS) is 20.2. The Bertz CT molecular complexity index is 106. The molecule has 1 saturated heterocycles. The van der Waals surface area contributed by atoms with E-state index >= 15 is 0 Å². The zero-order valence-corrected chi connectivity index (χ0v) is 8.38. The Morgan fingerprint density at radius 2 is 1.67 bits per heavy atom. The van der Waals surface area contributed by atoms with Crippen molar-refractivity contribution in [1.82, 2.24) is 5.06 Å². The van der Waals surface area contributed by atoms with Crippen LogP contribution in [0.4, 0.5) is 0 Å². The lowest BCUT2D eigenvalue weighted by Crippen LogP contribution is -2.33. The highest BCUT2D eigenvalue weighted by Gasteiger charge is 2.14. The van der Waals surface area contributed by atoms with Gasteiger partial charge < -0.3 is 0 Å². The quantitative estimate of drug-likeness (QED) is 0.644. The highest BCUT2D eigenvalue weighted by Crippen LogP contribution is 2.13. The molecule has 1 aliphatic rings. The minimum absolute atomic E-state index is 0.447.